The van der Waals surface area contributed by atoms with Crippen molar-refractivity contribution in [1.82, 2.24) is 0 Å². The number of hydrogen-bond donors (Lipinski definition) is 0. The monoisotopic (exact) mass is 296 g/mol. The van der Waals surface area contributed by atoms with Crippen molar-refractivity contribution in [2.75, 3.05) is 13.2 Å². The fourth-order valence-corrected chi connectivity index (χ4v) is 2.73. The maximum absolute atomic E-state index is 12.9. The molecule has 1 aliphatic carbocycles. The number of ketones is 2. The van der Waals surface area contributed by atoms with Gasteiger partial charge in [0.05, 0.1) is 24.3 Å². The molecule has 0 atom stereocenters. The minimum absolute atomic E-state index is 0.173. The second-order valence-electron chi connectivity index (χ2n) is 4.88. The van der Waals surface area contributed by atoms with E-state index in [-0.39, 0.29) is 11.6 Å². The lowest BCUT2D eigenvalue weighted by Gasteiger charge is -2.21. The second-order valence-corrected chi connectivity index (χ2v) is 4.88. The first-order chi connectivity index (χ1) is 10.7. The highest BCUT2D eigenvalue weighted by molar-refractivity contribution is 6.30. The van der Waals surface area contributed by atoms with E-state index in [0.29, 0.717) is 47.0 Å². The third-order valence-corrected chi connectivity index (χ3v) is 3.60. The highest BCUT2D eigenvalue weighted by atomic mass is 16.5. The first kappa shape index (κ1) is 14.3. The summed E-state index contributed by atoms with van der Waals surface area (Å²) in [6, 6.07) is 10.2. The van der Waals surface area contributed by atoms with E-state index in [2.05, 4.69) is 0 Å². The van der Waals surface area contributed by atoms with Crippen LogP contribution in [0.2, 0.25) is 0 Å². The van der Waals surface area contributed by atoms with E-state index in [9.17, 15) is 9.59 Å². The normalized spacial score (nSPS) is 12.6. The Kier molecular flexibility index (Phi) is 3.67. The summed E-state index contributed by atoms with van der Waals surface area (Å²) in [6.45, 7) is 4.54. The van der Waals surface area contributed by atoms with Crippen LogP contribution in [0.5, 0.6) is 11.5 Å². The summed E-state index contributed by atoms with van der Waals surface area (Å²) < 4.78 is 11.0. The molecule has 2 aromatic carbocycles. The zero-order valence-electron chi connectivity index (χ0n) is 12.5. The van der Waals surface area contributed by atoms with Gasteiger partial charge in [0.1, 0.15) is 11.5 Å². The van der Waals surface area contributed by atoms with Crippen LogP contribution in [-0.4, -0.2) is 24.8 Å². The Morgan fingerprint density at radius 2 is 1.18 bits per heavy atom. The van der Waals surface area contributed by atoms with E-state index in [4.69, 9.17) is 9.47 Å². The standard InChI is InChI=1S/C18H16O4/c1-3-21-13-9-5-7-11-15(13)18(20)16-12(17(11)19)8-6-10-14(16)22-4-2/h5-10H,3-4H2,1-2H3. The van der Waals surface area contributed by atoms with E-state index in [0.717, 1.165) is 0 Å². The summed E-state index contributed by atoms with van der Waals surface area (Å²) in [5.41, 5.74) is 1.43. The van der Waals surface area contributed by atoms with Crippen molar-refractivity contribution in [2.45, 2.75) is 13.8 Å². The van der Waals surface area contributed by atoms with Gasteiger partial charge in [0.15, 0.2) is 5.78 Å². The molecule has 4 heteroatoms. The van der Waals surface area contributed by atoms with Crippen molar-refractivity contribution < 1.29 is 19.1 Å². The van der Waals surface area contributed by atoms with Crippen LogP contribution in [0.4, 0.5) is 0 Å². The number of fused-ring (bicyclic) bond motifs is 2. The molecule has 0 radical (unpaired) electrons. The van der Waals surface area contributed by atoms with E-state index in [1.807, 2.05) is 13.8 Å². The molecule has 0 saturated carbocycles. The van der Waals surface area contributed by atoms with Gasteiger partial charge in [-0.1, -0.05) is 24.3 Å². The smallest absolute Gasteiger partial charge is 0.201 e. The molecule has 22 heavy (non-hydrogen) atoms. The van der Waals surface area contributed by atoms with Crippen LogP contribution in [0.1, 0.15) is 45.7 Å². The first-order valence-electron chi connectivity index (χ1n) is 7.30. The van der Waals surface area contributed by atoms with Crippen LogP contribution >= 0.6 is 0 Å². The summed E-state index contributed by atoms with van der Waals surface area (Å²) in [5.74, 6) is 0.482. The van der Waals surface area contributed by atoms with Crippen molar-refractivity contribution in [2.24, 2.45) is 0 Å². The summed E-state index contributed by atoms with van der Waals surface area (Å²) >= 11 is 0. The Balaban J connectivity index is 2.24. The zero-order valence-corrected chi connectivity index (χ0v) is 12.5. The second kappa shape index (κ2) is 5.64. The van der Waals surface area contributed by atoms with Gasteiger partial charge in [0.25, 0.3) is 0 Å². The molecule has 4 nitrogen and oxygen atoms in total. The van der Waals surface area contributed by atoms with Gasteiger partial charge in [-0.15, -0.1) is 0 Å². The number of hydrogen-bond acceptors (Lipinski definition) is 4. The van der Waals surface area contributed by atoms with E-state index in [1.165, 1.54) is 0 Å². The number of rotatable bonds is 4. The van der Waals surface area contributed by atoms with Crippen LogP contribution in [0.15, 0.2) is 36.4 Å². The van der Waals surface area contributed by atoms with Crippen LogP contribution in [0.25, 0.3) is 0 Å². The number of carbonyl (C=O) groups is 2. The zero-order chi connectivity index (χ0) is 15.7. The molecular formula is C18H16O4. The molecule has 0 spiro atoms. The van der Waals surface area contributed by atoms with Crippen LogP contribution < -0.4 is 9.47 Å². The fourth-order valence-electron chi connectivity index (χ4n) is 2.73. The average molecular weight is 296 g/mol. The Morgan fingerprint density at radius 1 is 0.727 bits per heavy atom. The molecule has 112 valence electrons. The van der Waals surface area contributed by atoms with E-state index < -0.39 is 0 Å². The predicted octanol–water partition coefficient (Wildman–Crippen LogP) is 3.26. The Bertz CT molecular complexity index is 700. The SMILES string of the molecule is CCOc1cccc2c1C(=O)c1c(OCC)cccc1C2=O. The largest absolute Gasteiger partial charge is 0.493 e. The molecule has 0 saturated heterocycles. The van der Waals surface area contributed by atoms with Gasteiger partial charge in [-0.3, -0.25) is 9.59 Å². The molecule has 0 N–H and O–H groups in total. The van der Waals surface area contributed by atoms with E-state index in [1.54, 1.807) is 36.4 Å². The molecule has 0 aliphatic heterocycles. The third-order valence-electron chi connectivity index (χ3n) is 3.60. The summed E-state index contributed by atoms with van der Waals surface area (Å²) in [4.78, 5) is 25.6. The van der Waals surface area contributed by atoms with Crippen molar-refractivity contribution in [3.63, 3.8) is 0 Å². The Morgan fingerprint density at radius 3 is 1.59 bits per heavy atom. The summed E-state index contributed by atoms with van der Waals surface area (Å²) in [5, 5.41) is 0. The number of carbonyl (C=O) groups excluding carboxylic acids is 2. The summed E-state index contributed by atoms with van der Waals surface area (Å²) in [7, 11) is 0. The highest BCUT2D eigenvalue weighted by Crippen LogP contribution is 2.37. The van der Waals surface area contributed by atoms with Crippen molar-refractivity contribution >= 4 is 11.6 Å². The summed E-state index contributed by atoms with van der Waals surface area (Å²) in [6.07, 6.45) is 0. The molecular weight excluding hydrogens is 280 g/mol. The van der Waals surface area contributed by atoms with Gasteiger partial charge < -0.3 is 9.47 Å². The molecule has 1 aliphatic rings. The quantitative estimate of drug-likeness (QED) is 0.741. The van der Waals surface area contributed by atoms with Crippen LogP contribution in [-0.2, 0) is 0 Å². The molecule has 0 heterocycles. The highest BCUT2D eigenvalue weighted by Gasteiger charge is 2.34. The number of benzene rings is 2. The Labute approximate surface area is 128 Å². The van der Waals surface area contributed by atoms with Crippen molar-refractivity contribution in [1.29, 1.82) is 0 Å². The molecule has 0 amide bonds. The molecule has 0 bridgehead atoms. The lowest BCUT2D eigenvalue weighted by molar-refractivity contribution is 0.0972. The molecule has 0 aromatic heterocycles. The van der Waals surface area contributed by atoms with Gasteiger partial charge in [-0.2, -0.15) is 0 Å². The Hall–Kier alpha value is -2.62. The average Bonchev–Trinajstić information content (AvgIpc) is 2.53. The van der Waals surface area contributed by atoms with Crippen LogP contribution in [0, 0.1) is 0 Å². The van der Waals surface area contributed by atoms with Crippen molar-refractivity contribution in [3.8, 4) is 11.5 Å². The maximum Gasteiger partial charge on any atom is 0.201 e. The maximum atomic E-state index is 12.9. The minimum Gasteiger partial charge on any atom is -0.493 e. The molecule has 2 aromatic rings. The lowest BCUT2D eigenvalue weighted by atomic mass is 9.83. The molecule has 0 fully saturated rings. The van der Waals surface area contributed by atoms with Gasteiger partial charge >= 0.3 is 0 Å². The van der Waals surface area contributed by atoms with Crippen LogP contribution in [0.3, 0.4) is 0 Å². The third kappa shape index (κ3) is 2.08. The number of ether oxygens (including phenoxy) is 2. The molecule has 0 unspecified atom stereocenters. The topological polar surface area (TPSA) is 52.6 Å². The minimum atomic E-state index is -0.224. The van der Waals surface area contributed by atoms with Crippen molar-refractivity contribution in [3.05, 3.63) is 58.7 Å². The lowest BCUT2D eigenvalue weighted by Crippen LogP contribution is -2.23. The van der Waals surface area contributed by atoms with E-state index >= 15 is 0 Å². The van der Waals surface area contributed by atoms with Gasteiger partial charge in [-0.05, 0) is 26.0 Å². The van der Waals surface area contributed by atoms with Gasteiger partial charge in [0.2, 0.25) is 5.78 Å². The first-order valence-corrected chi connectivity index (χ1v) is 7.30. The predicted molar refractivity (Wildman–Crippen MR) is 82.1 cm³/mol. The van der Waals surface area contributed by atoms with Gasteiger partial charge in [0, 0.05) is 11.1 Å². The van der Waals surface area contributed by atoms with Gasteiger partial charge in [-0.25, -0.2) is 0 Å². The molecule has 3 rings (SSSR count). The fraction of sp³-hybridized carbons (Fsp3) is 0.222.